The number of rotatable bonds is 7. The number of piperazine rings is 1. The van der Waals surface area contributed by atoms with Crippen molar-refractivity contribution in [3.8, 4) is 17.0 Å². The number of anilines is 2. The van der Waals surface area contributed by atoms with Crippen molar-refractivity contribution in [2.75, 3.05) is 69.6 Å². The Kier molecular flexibility index (Phi) is 7.94. The molecule has 232 valence electrons. The van der Waals surface area contributed by atoms with Crippen LogP contribution in [0.2, 0.25) is 0 Å². The SMILES string of the molecule is CNc1nnc(-c2ccccc2O)cc1N1CCN(C2CCN(C3CCN(C4CC5(CC(C(=O)O)C5)C4)CC3)CC2)CC1. The Morgan fingerprint density at radius 1 is 0.814 bits per heavy atom. The smallest absolute Gasteiger partial charge is 0.306 e. The first kappa shape index (κ1) is 28.8. The molecule has 0 radical (unpaired) electrons. The van der Waals surface area contributed by atoms with Crippen LogP contribution in [0.1, 0.15) is 51.4 Å². The molecule has 0 amide bonds. The number of carboxylic acid groups (broad SMARTS) is 1. The number of para-hydroxylation sites is 1. The Hall–Kier alpha value is -2.95. The van der Waals surface area contributed by atoms with Crippen LogP contribution in [0.3, 0.4) is 0 Å². The number of hydrogen-bond acceptors (Lipinski definition) is 9. The van der Waals surface area contributed by atoms with Crippen molar-refractivity contribution in [2.24, 2.45) is 11.3 Å². The molecule has 3 saturated heterocycles. The third-order valence-electron chi connectivity index (χ3n) is 11.4. The van der Waals surface area contributed by atoms with Crippen LogP contribution in [0.25, 0.3) is 11.3 Å². The van der Waals surface area contributed by atoms with Crippen LogP contribution in [-0.2, 0) is 4.79 Å². The number of nitrogens with zero attached hydrogens (tertiary/aromatic N) is 6. The van der Waals surface area contributed by atoms with E-state index in [0.717, 1.165) is 56.6 Å². The fraction of sp³-hybridized carbons (Fsp3) is 0.667. The van der Waals surface area contributed by atoms with Gasteiger partial charge in [-0.05, 0) is 101 Å². The summed E-state index contributed by atoms with van der Waals surface area (Å²) in [5.41, 5.74) is 2.82. The van der Waals surface area contributed by atoms with Gasteiger partial charge in [-0.15, -0.1) is 10.2 Å². The zero-order valence-corrected chi connectivity index (χ0v) is 25.5. The monoisotopic (exact) mass is 589 g/mol. The normalized spacial score (nSPS) is 29.7. The number of phenolic OH excluding ortho intramolecular Hbond substituents is 1. The van der Waals surface area contributed by atoms with E-state index in [9.17, 15) is 15.0 Å². The second-order valence-corrected chi connectivity index (χ2v) is 13.8. The lowest BCUT2D eigenvalue weighted by Gasteiger charge is -2.60. The number of aromatic nitrogens is 2. The molecule has 2 aliphatic carbocycles. The quantitative estimate of drug-likeness (QED) is 0.444. The summed E-state index contributed by atoms with van der Waals surface area (Å²) >= 11 is 0. The highest BCUT2D eigenvalue weighted by Crippen LogP contribution is 2.60. The average molecular weight is 590 g/mol. The number of piperidine rings is 2. The maximum absolute atomic E-state index is 11.2. The van der Waals surface area contributed by atoms with Gasteiger partial charge in [0, 0.05) is 56.9 Å². The predicted octanol–water partition coefficient (Wildman–Crippen LogP) is 3.59. The van der Waals surface area contributed by atoms with Crippen LogP contribution in [0.15, 0.2) is 30.3 Å². The van der Waals surface area contributed by atoms with Crippen molar-refractivity contribution in [2.45, 2.75) is 69.5 Å². The maximum atomic E-state index is 11.2. The van der Waals surface area contributed by atoms with Gasteiger partial charge >= 0.3 is 5.97 Å². The molecule has 0 bridgehead atoms. The Morgan fingerprint density at radius 3 is 1.98 bits per heavy atom. The molecule has 2 aromatic rings. The molecule has 7 rings (SSSR count). The van der Waals surface area contributed by atoms with Crippen molar-refractivity contribution in [1.82, 2.24) is 24.9 Å². The van der Waals surface area contributed by atoms with Gasteiger partial charge in [-0.2, -0.15) is 0 Å². The van der Waals surface area contributed by atoms with Gasteiger partial charge in [0.15, 0.2) is 5.82 Å². The second kappa shape index (κ2) is 11.9. The lowest BCUT2D eigenvalue weighted by atomic mass is 9.49. The number of carbonyl (C=O) groups is 1. The third-order valence-corrected chi connectivity index (χ3v) is 11.4. The summed E-state index contributed by atoms with van der Waals surface area (Å²) in [4.78, 5) is 21.8. The van der Waals surface area contributed by atoms with Crippen LogP contribution in [0, 0.1) is 11.3 Å². The minimum absolute atomic E-state index is 0.0761. The molecule has 1 aromatic heterocycles. The van der Waals surface area contributed by atoms with Crippen LogP contribution < -0.4 is 10.2 Å². The van der Waals surface area contributed by atoms with Gasteiger partial charge < -0.3 is 30.2 Å². The van der Waals surface area contributed by atoms with Crippen LogP contribution in [0.4, 0.5) is 11.5 Å². The second-order valence-electron chi connectivity index (χ2n) is 13.8. The summed E-state index contributed by atoms with van der Waals surface area (Å²) in [7, 11) is 1.89. The average Bonchev–Trinajstić information content (AvgIpc) is 3.00. The minimum Gasteiger partial charge on any atom is -0.507 e. The fourth-order valence-electron chi connectivity index (χ4n) is 8.87. The Bertz CT molecular complexity index is 1290. The number of hydrogen-bond donors (Lipinski definition) is 3. The topological polar surface area (TPSA) is 108 Å². The van der Waals surface area contributed by atoms with Crippen molar-refractivity contribution >= 4 is 17.5 Å². The molecule has 0 unspecified atom stereocenters. The molecule has 10 nitrogen and oxygen atoms in total. The van der Waals surface area contributed by atoms with Crippen molar-refractivity contribution < 1.29 is 15.0 Å². The Labute approximate surface area is 255 Å². The van der Waals surface area contributed by atoms with E-state index < -0.39 is 5.97 Å². The zero-order chi connectivity index (χ0) is 29.6. The summed E-state index contributed by atoms with van der Waals surface area (Å²) in [5.74, 6) is 0.331. The highest BCUT2D eigenvalue weighted by molar-refractivity contribution is 5.75. The highest BCUT2D eigenvalue weighted by Gasteiger charge is 2.56. The summed E-state index contributed by atoms with van der Waals surface area (Å²) in [6.07, 6.45) is 9.35. The van der Waals surface area contributed by atoms with Gasteiger partial charge in [-0.3, -0.25) is 9.69 Å². The molecule has 10 heteroatoms. The first-order valence-corrected chi connectivity index (χ1v) is 16.5. The Balaban J connectivity index is 0.861. The minimum atomic E-state index is -0.591. The van der Waals surface area contributed by atoms with E-state index in [1.165, 1.54) is 64.7 Å². The molecule has 5 aliphatic rings. The van der Waals surface area contributed by atoms with Gasteiger partial charge in [0.25, 0.3) is 0 Å². The maximum Gasteiger partial charge on any atom is 0.306 e. The van der Waals surface area contributed by atoms with Gasteiger partial charge in [0.2, 0.25) is 0 Å². The summed E-state index contributed by atoms with van der Waals surface area (Å²) in [5, 5.41) is 31.6. The summed E-state index contributed by atoms with van der Waals surface area (Å²) < 4.78 is 0. The van der Waals surface area contributed by atoms with E-state index in [2.05, 4.69) is 41.2 Å². The lowest BCUT2D eigenvalue weighted by Crippen LogP contribution is -2.60. The molecule has 3 N–H and O–H groups in total. The summed E-state index contributed by atoms with van der Waals surface area (Å²) in [6, 6.07) is 11.4. The molecule has 43 heavy (non-hydrogen) atoms. The van der Waals surface area contributed by atoms with E-state index in [-0.39, 0.29) is 11.7 Å². The van der Waals surface area contributed by atoms with Gasteiger partial charge in [0.1, 0.15) is 5.75 Å². The van der Waals surface area contributed by atoms with E-state index in [0.29, 0.717) is 28.8 Å². The number of nitrogens with one attached hydrogen (secondary N) is 1. The number of phenols is 1. The molecule has 4 heterocycles. The first-order valence-electron chi connectivity index (χ1n) is 16.5. The third kappa shape index (κ3) is 5.69. The molecule has 3 aliphatic heterocycles. The van der Waals surface area contributed by atoms with Crippen molar-refractivity contribution in [1.29, 1.82) is 0 Å². The van der Waals surface area contributed by atoms with E-state index >= 15 is 0 Å². The van der Waals surface area contributed by atoms with E-state index in [1.54, 1.807) is 6.07 Å². The van der Waals surface area contributed by atoms with Crippen LogP contribution >= 0.6 is 0 Å². The highest BCUT2D eigenvalue weighted by atomic mass is 16.4. The van der Waals surface area contributed by atoms with Crippen LogP contribution in [0.5, 0.6) is 5.75 Å². The lowest BCUT2D eigenvalue weighted by molar-refractivity contribution is -0.160. The molecule has 1 spiro atoms. The van der Waals surface area contributed by atoms with E-state index in [1.807, 2.05) is 25.2 Å². The van der Waals surface area contributed by atoms with Gasteiger partial charge in [-0.1, -0.05) is 12.1 Å². The van der Waals surface area contributed by atoms with Gasteiger partial charge in [-0.25, -0.2) is 0 Å². The summed E-state index contributed by atoms with van der Waals surface area (Å²) in [6.45, 7) is 8.85. The molecule has 0 atom stereocenters. The molecule has 2 saturated carbocycles. The number of aliphatic carboxylic acids is 1. The zero-order valence-electron chi connectivity index (χ0n) is 25.5. The molecule has 1 aromatic carbocycles. The molecular formula is C33H47N7O3. The molecular weight excluding hydrogens is 542 g/mol. The number of carboxylic acids is 1. The van der Waals surface area contributed by atoms with Gasteiger partial charge in [0.05, 0.1) is 17.3 Å². The van der Waals surface area contributed by atoms with Crippen molar-refractivity contribution in [3.05, 3.63) is 30.3 Å². The molecule has 5 fully saturated rings. The Morgan fingerprint density at radius 2 is 1.40 bits per heavy atom. The number of aromatic hydroxyl groups is 1. The number of benzene rings is 1. The van der Waals surface area contributed by atoms with Crippen molar-refractivity contribution in [3.63, 3.8) is 0 Å². The number of likely N-dealkylation sites (tertiary alicyclic amines) is 2. The predicted molar refractivity (Wildman–Crippen MR) is 167 cm³/mol. The van der Waals surface area contributed by atoms with Crippen LogP contribution in [-0.4, -0.2) is 119 Å². The fourth-order valence-corrected chi connectivity index (χ4v) is 8.87. The van der Waals surface area contributed by atoms with E-state index in [4.69, 9.17) is 0 Å². The standard InChI is InChI=1S/C33H47N7O3/c1-34-31-29(18-28(35-36-31)27-4-2-3-5-30(27)41)40-16-14-39(15-17-40)25-6-10-37(11-7-25)24-8-12-38(13-9-24)26-21-33(22-26)19-23(20-33)32(42)43/h2-5,18,23-26,41H,6-17,19-22H2,1H3,(H,34,36)(H,42,43). The first-order chi connectivity index (χ1) is 20.9. The largest absolute Gasteiger partial charge is 0.507 e.